The number of rotatable bonds is 5. The first-order chi connectivity index (χ1) is 9.44. The number of nitrogen functional groups attached to an aromatic ring is 1. The van der Waals surface area contributed by atoms with E-state index in [1.54, 1.807) is 0 Å². The molecule has 2 heterocycles. The van der Waals surface area contributed by atoms with Crippen LogP contribution in [0.4, 0.5) is 10.8 Å². The number of ether oxygens (including phenoxy) is 1. The van der Waals surface area contributed by atoms with Gasteiger partial charge in [0.1, 0.15) is 9.90 Å². The molecule has 0 aromatic carbocycles. The van der Waals surface area contributed by atoms with Gasteiger partial charge < -0.3 is 15.8 Å². The molecular formula is C12H21N3O3S2. The highest BCUT2D eigenvalue weighted by Gasteiger charge is 2.27. The molecule has 0 radical (unpaired) electrons. The first-order valence-electron chi connectivity index (χ1n) is 6.80. The number of nitrogens with two attached hydrogens (primary N) is 1. The molecule has 1 fully saturated rings. The Hall–Kier alpha value is -0.860. The molecule has 3 N–H and O–H groups in total. The lowest BCUT2D eigenvalue weighted by Gasteiger charge is -2.28. The average Bonchev–Trinajstić information content (AvgIpc) is 2.71. The minimum atomic E-state index is -3.36. The lowest BCUT2D eigenvalue weighted by molar-refractivity contribution is 0.0232. The molecule has 8 heteroatoms. The zero-order valence-corrected chi connectivity index (χ0v) is 13.4. The van der Waals surface area contributed by atoms with Gasteiger partial charge in [0.2, 0.25) is 0 Å². The van der Waals surface area contributed by atoms with Crippen molar-refractivity contribution < 1.29 is 13.2 Å². The van der Waals surface area contributed by atoms with Gasteiger partial charge in [-0.05, 0) is 37.7 Å². The summed E-state index contributed by atoms with van der Waals surface area (Å²) in [5.74, 6) is 0.195. The van der Waals surface area contributed by atoms with Crippen LogP contribution in [0.2, 0.25) is 0 Å². The van der Waals surface area contributed by atoms with Crippen LogP contribution in [-0.4, -0.2) is 37.3 Å². The Morgan fingerprint density at radius 2 is 2.30 bits per heavy atom. The van der Waals surface area contributed by atoms with E-state index in [1.807, 2.05) is 13.8 Å². The van der Waals surface area contributed by atoms with Crippen molar-refractivity contribution in [1.29, 1.82) is 0 Å². The molecular weight excluding hydrogens is 298 g/mol. The predicted molar refractivity (Wildman–Crippen MR) is 80.9 cm³/mol. The summed E-state index contributed by atoms with van der Waals surface area (Å²) in [7, 11) is -3.36. The molecule has 0 amide bonds. The van der Waals surface area contributed by atoms with E-state index in [0.717, 1.165) is 24.4 Å². The molecule has 1 saturated heterocycles. The number of hydrogen-bond donors (Lipinski definition) is 2. The van der Waals surface area contributed by atoms with Gasteiger partial charge in [-0.3, -0.25) is 0 Å². The highest BCUT2D eigenvalue weighted by Crippen LogP contribution is 2.34. The second-order valence-corrected chi connectivity index (χ2v) is 7.91. The van der Waals surface area contributed by atoms with E-state index in [0.29, 0.717) is 18.0 Å². The van der Waals surface area contributed by atoms with Crippen LogP contribution in [0, 0.1) is 0 Å². The molecule has 0 saturated carbocycles. The number of aromatic nitrogens is 1. The summed E-state index contributed by atoms with van der Waals surface area (Å²) >= 11 is 1.12. The third-order valence-electron chi connectivity index (χ3n) is 3.28. The maximum Gasteiger partial charge on any atom is 0.185 e. The Bertz CT molecular complexity index is 556. The number of nitrogens with one attached hydrogen (secondary N) is 1. The Kier molecular flexibility index (Phi) is 4.87. The summed E-state index contributed by atoms with van der Waals surface area (Å²) in [5.41, 5.74) is 5.75. The molecule has 6 nitrogen and oxygen atoms in total. The fraction of sp³-hybridized carbons (Fsp3) is 0.750. The molecule has 0 spiro atoms. The van der Waals surface area contributed by atoms with Crippen LogP contribution in [0.5, 0.6) is 0 Å². The highest BCUT2D eigenvalue weighted by atomic mass is 32.2. The number of anilines is 2. The smallest absolute Gasteiger partial charge is 0.185 e. The number of nitrogens with zero attached hydrogens (tertiary/aromatic N) is 1. The molecule has 0 bridgehead atoms. The molecule has 114 valence electrons. The molecule has 20 heavy (non-hydrogen) atoms. The van der Waals surface area contributed by atoms with Crippen molar-refractivity contribution in [3.8, 4) is 0 Å². The maximum absolute atomic E-state index is 12.3. The Morgan fingerprint density at radius 1 is 1.55 bits per heavy atom. The van der Waals surface area contributed by atoms with Gasteiger partial charge in [-0.2, -0.15) is 4.37 Å². The van der Waals surface area contributed by atoms with Gasteiger partial charge >= 0.3 is 0 Å². The van der Waals surface area contributed by atoms with E-state index in [1.165, 1.54) is 0 Å². The fourth-order valence-electron chi connectivity index (χ4n) is 2.37. The molecule has 2 atom stereocenters. The molecule has 2 rings (SSSR count). The quantitative estimate of drug-likeness (QED) is 0.860. The molecule has 1 aliphatic heterocycles. The minimum absolute atomic E-state index is 0.0917. The van der Waals surface area contributed by atoms with Gasteiger partial charge in [0.15, 0.2) is 15.7 Å². The van der Waals surface area contributed by atoms with Crippen molar-refractivity contribution in [3.63, 3.8) is 0 Å². The first kappa shape index (κ1) is 15.5. The van der Waals surface area contributed by atoms with Gasteiger partial charge in [-0.15, -0.1) is 0 Å². The third-order valence-corrected chi connectivity index (χ3v) is 6.18. The molecule has 1 aliphatic rings. The van der Waals surface area contributed by atoms with Crippen molar-refractivity contribution in [2.24, 2.45) is 0 Å². The zero-order chi connectivity index (χ0) is 14.8. The van der Waals surface area contributed by atoms with Crippen molar-refractivity contribution in [2.75, 3.05) is 23.4 Å². The lowest BCUT2D eigenvalue weighted by atomic mass is 10.0. The zero-order valence-electron chi connectivity index (χ0n) is 11.8. The van der Waals surface area contributed by atoms with E-state index in [-0.39, 0.29) is 28.6 Å². The molecule has 1 aromatic rings. The Morgan fingerprint density at radius 3 is 2.95 bits per heavy atom. The molecule has 2 unspecified atom stereocenters. The van der Waals surface area contributed by atoms with Gasteiger partial charge in [0.25, 0.3) is 0 Å². The normalized spacial score (nSPS) is 23.7. The third kappa shape index (κ3) is 3.42. The topological polar surface area (TPSA) is 94.3 Å². The Labute approximate surface area is 123 Å². The van der Waals surface area contributed by atoms with Crippen LogP contribution in [-0.2, 0) is 14.6 Å². The van der Waals surface area contributed by atoms with E-state index in [4.69, 9.17) is 10.5 Å². The van der Waals surface area contributed by atoms with E-state index in [2.05, 4.69) is 9.69 Å². The Balaban J connectivity index is 2.21. The monoisotopic (exact) mass is 319 g/mol. The van der Waals surface area contributed by atoms with Crippen LogP contribution in [0.25, 0.3) is 0 Å². The molecule has 0 aliphatic carbocycles. The van der Waals surface area contributed by atoms with Crippen LogP contribution < -0.4 is 11.1 Å². The summed E-state index contributed by atoms with van der Waals surface area (Å²) in [6, 6.07) is 0.203. The summed E-state index contributed by atoms with van der Waals surface area (Å²) < 4.78 is 34.0. The average molecular weight is 319 g/mol. The minimum Gasteiger partial charge on any atom is -0.382 e. The fourth-order valence-corrected chi connectivity index (χ4v) is 5.06. The molecule has 1 aromatic heterocycles. The van der Waals surface area contributed by atoms with Gasteiger partial charge in [-0.25, -0.2) is 8.42 Å². The van der Waals surface area contributed by atoms with Crippen molar-refractivity contribution in [2.45, 2.75) is 50.2 Å². The number of sulfone groups is 1. The lowest BCUT2D eigenvalue weighted by Crippen LogP contribution is -2.32. The van der Waals surface area contributed by atoms with E-state index < -0.39 is 9.84 Å². The van der Waals surface area contributed by atoms with E-state index >= 15 is 0 Å². The second kappa shape index (κ2) is 6.28. The summed E-state index contributed by atoms with van der Waals surface area (Å²) in [6.45, 7) is 4.54. The summed E-state index contributed by atoms with van der Waals surface area (Å²) in [4.78, 5) is 0.170. The highest BCUT2D eigenvalue weighted by molar-refractivity contribution is 7.91. The SMILES string of the molecule is CCCS(=O)(=O)c1c(N)nsc1NC1CCOC(C)C1. The van der Waals surface area contributed by atoms with E-state index in [9.17, 15) is 8.42 Å². The van der Waals surface area contributed by atoms with Crippen molar-refractivity contribution in [1.82, 2.24) is 4.37 Å². The van der Waals surface area contributed by atoms with Gasteiger partial charge in [-0.1, -0.05) is 6.92 Å². The predicted octanol–water partition coefficient (Wildman–Crippen LogP) is 1.89. The van der Waals surface area contributed by atoms with Crippen LogP contribution in [0.3, 0.4) is 0 Å². The van der Waals surface area contributed by atoms with Gasteiger partial charge in [0.05, 0.1) is 11.9 Å². The van der Waals surface area contributed by atoms with Crippen LogP contribution in [0.15, 0.2) is 4.90 Å². The van der Waals surface area contributed by atoms with Crippen molar-refractivity contribution >= 4 is 32.2 Å². The number of hydrogen-bond acceptors (Lipinski definition) is 7. The van der Waals surface area contributed by atoms with Crippen molar-refractivity contribution in [3.05, 3.63) is 0 Å². The largest absolute Gasteiger partial charge is 0.382 e. The standard InChI is InChI=1S/C12H21N3O3S2/c1-3-6-20(16,17)10-11(13)15-19-12(10)14-9-4-5-18-8(2)7-9/h8-9,14H,3-7H2,1-2H3,(H2,13,15). The first-order valence-corrected chi connectivity index (χ1v) is 9.22. The van der Waals surface area contributed by atoms with Crippen LogP contribution >= 0.6 is 11.5 Å². The summed E-state index contributed by atoms with van der Waals surface area (Å²) in [6.07, 6.45) is 2.45. The second-order valence-electron chi connectivity index (χ2n) is 5.09. The summed E-state index contributed by atoms with van der Waals surface area (Å²) in [5, 5.41) is 3.85. The van der Waals surface area contributed by atoms with Crippen LogP contribution in [0.1, 0.15) is 33.1 Å². The van der Waals surface area contributed by atoms with Gasteiger partial charge in [0, 0.05) is 12.6 Å². The maximum atomic E-state index is 12.3.